The van der Waals surface area contributed by atoms with Gasteiger partial charge in [0.15, 0.2) is 0 Å². The zero-order chi connectivity index (χ0) is 21.9. The highest BCUT2D eigenvalue weighted by Crippen LogP contribution is 2.26. The summed E-state index contributed by atoms with van der Waals surface area (Å²) in [7, 11) is 0. The summed E-state index contributed by atoms with van der Waals surface area (Å²) in [6, 6.07) is 16.3. The summed E-state index contributed by atoms with van der Waals surface area (Å²) in [4.78, 5) is 23.1. The number of carboxylic acid groups (broad SMARTS) is 2. The summed E-state index contributed by atoms with van der Waals surface area (Å²) in [5.74, 6) is -3.65. The fraction of sp³-hybridized carbons (Fsp3) is 0.273. The van der Waals surface area contributed by atoms with Crippen LogP contribution in [0.4, 0.5) is 0 Å². The van der Waals surface area contributed by atoms with Gasteiger partial charge in [0.2, 0.25) is 0 Å². The topological polar surface area (TPSA) is 81.1 Å². The van der Waals surface area contributed by atoms with E-state index in [2.05, 4.69) is 52.3 Å². The average molecular weight is 451 g/mol. The lowest BCUT2D eigenvalue weighted by Gasteiger charge is -2.34. The Bertz CT molecular complexity index is 855. The second-order valence-corrected chi connectivity index (χ2v) is 7.50. The fourth-order valence-corrected chi connectivity index (χ4v) is 3.32. The first kappa shape index (κ1) is 23.9. The number of piperazine rings is 1. The molecule has 30 heavy (non-hydrogen) atoms. The van der Waals surface area contributed by atoms with Gasteiger partial charge >= 0.3 is 11.9 Å². The van der Waals surface area contributed by atoms with Gasteiger partial charge < -0.3 is 10.2 Å². The van der Waals surface area contributed by atoms with Crippen LogP contribution in [0.5, 0.6) is 0 Å². The van der Waals surface area contributed by atoms with Crippen LogP contribution < -0.4 is 0 Å². The first-order valence-electron chi connectivity index (χ1n) is 9.42. The van der Waals surface area contributed by atoms with Crippen molar-refractivity contribution in [2.45, 2.75) is 6.54 Å². The fourth-order valence-electron chi connectivity index (χ4n) is 2.94. The maximum Gasteiger partial charge on any atom is 0.414 e. The predicted octanol–water partition coefficient (Wildman–Crippen LogP) is 3.98. The number of rotatable bonds is 5. The molecule has 0 saturated carbocycles. The number of aliphatic carboxylic acids is 2. The van der Waals surface area contributed by atoms with Crippen molar-refractivity contribution in [3.05, 3.63) is 75.8 Å². The van der Waals surface area contributed by atoms with E-state index in [9.17, 15) is 0 Å². The molecule has 0 atom stereocenters. The second kappa shape index (κ2) is 12.3. The zero-order valence-corrected chi connectivity index (χ0v) is 17.9. The standard InChI is InChI=1S/C20H22Cl2N2.C2H2O4/c21-19-10-4-9-18(20(19)22)16-24-14-12-23(13-15-24)11-5-8-17-6-2-1-3-7-17;3-1(4)2(5)6/h1-10H,11-16H2;(H,3,4)(H,5,6). The molecule has 0 unspecified atom stereocenters. The minimum Gasteiger partial charge on any atom is -0.473 e. The summed E-state index contributed by atoms with van der Waals surface area (Å²) in [5.41, 5.74) is 2.37. The van der Waals surface area contributed by atoms with Gasteiger partial charge in [-0.15, -0.1) is 0 Å². The third-order valence-corrected chi connectivity index (χ3v) is 5.40. The summed E-state index contributed by atoms with van der Waals surface area (Å²) < 4.78 is 0. The molecule has 6 nitrogen and oxygen atoms in total. The molecule has 0 radical (unpaired) electrons. The molecule has 2 N–H and O–H groups in total. The van der Waals surface area contributed by atoms with Crippen LogP contribution in [0.15, 0.2) is 54.6 Å². The normalized spacial score (nSPS) is 14.9. The predicted molar refractivity (Wildman–Crippen MR) is 119 cm³/mol. The van der Waals surface area contributed by atoms with Crippen LogP contribution in [0.3, 0.4) is 0 Å². The molecule has 1 fully saturated rings. The molecule has 160 valence electrons. The molecule has 2 aromatic carbocycles. The molecular formula is C22H24Cl2N2O4. The Balaban J connectivity index is 0.000000469. The Hall–Kier alpha value is -2.38. The van der Waals surface area contributed by atoms with Crippen molar-refractivity contribution in [3.63, 3.8) is 0 Å². The van der Waals surface area contributed by atoms with E-state index in [1.807, 2.05) is 18.2 Å². The van der Waals surface area contributed by atoms with Crippen LogP contribution in [-0.4, -0.2) is 64.7 Å². The lowest BCUT2D eigenvalue weighted by molar-refractivity contribution is -0.159. The Morgan fingerprint density at radius 3 is 2.07 bits per heavy atom. The third kappa shape index (κ3) is 8.16. The number of hydrogen-bond donors (Lipinski definition) is 2. The van der Waals surface area contributed by atoms with E-state index < -0.39 is 11.9 Å². The number of hydrogen-bond acceptors (Lipinski definition) is 4. The monoisotopic (exact) mass is 450 g/mol. The van der Waals surface area contributed by atoms with Gasteiger partial charge in [-0.1, -0.05) is 77.8 Å². The van der Waals surface area contributed by atoms with Crippen LogP contribution in [-0.2, 0) is 16.1 Å². The third-order valence-electron chi connectivity index (χ3n) is 4.55. The minimum absolute atomic E-state index is 0.638. The highest BCUT2D eigenvalue weighted by atomic mass is 35.5. The van der Waals surface area contributed by atoms with E-state index >= 15 is 0 Å². The molecule has 8 heteroatoms. The molecule has 0 amide bonds. The smallest absolute Gasteiger partial charge is 0.414 e. The summed E-state index contributed by atoms with van der Waals surface area (Å²) in [5, 5.41) is 16.1. The van der Waals surface area contributed by atoms with Crippen molar-refractivity contribution in [1.82, 2.24) is 9.80 Å². The number of halogens is 2. The Labute approximate surface area is 185 Å². The van der Waals surface area contributed by atoms with Crippen molar-refractivity contribution >= 4 is 41.2 Å². The number of nitrogens with zero attached hydrogens (tertiary/aromatic N) is 2. The Morgan fingerprint density at radius 1 is 0.867 bits per heavy atom. The van der Waals surface area contributed by atoms with Crippen LogP contribution in [0.25, 0.3) is 6.08 Å². The van der Waals surface area contributed by atoms with Crippen molar-refractivity contribution in [2.75, 3.05) is 32.7 Å². The van der Waals surface area contributed by atoms with E-state index in [1.54, 1.807) is 0 Å². The van der Waals surface area contributed by atoms with Gasteiger partial charge in [-0.25, -0.2) is 9.59 Å². The molecule has 1 heterocycles. The molecule has 1 aliphatic heterocycles. The Kier molecular flexibility index (Phi) is 9.83. The van der Waals surface area contributed by atoms with Crippen molar-refractivity contribution in [3.8, 4) is 0 Å². The van der Waals surface area contributed by atoms with E-state index in [0.717, 1.165) is 44.8 Å². The van der Waals surface area contributed by atoms with Crippen molar-refractivity contribution in [2.24, 2.45) is 0 Å². The van der Waals surface area contributed by atoms with E-state index in [1.165, 1.54) is 5.56 Å². The van der Waals surface area contributed by atoms with Crippen molar-refractivity contribution in [1.29, 1.82) is 0 Å². The molecule has 1 saturated heterocycles. The molecule has 0 aromatic heterocycles. The molecule has 0 aliphatic carbocycles. The molecular weight excluding hydrogens is 427 g/mol. The SMILES string of the molecule is Clc1cccc(CN2CCN(CC=Cc3ccccc3)CC2)c1Cl.O=C(O)C(=O)O. The quantitative estimate of drug-likeness (QED) is 0.670. The lowest BCUT2D eigenvalue weighted by atomic mass is 10.2. The first-order chi connectivity index (χ1) is 14.4. The first-order valence-corrected chi connectivity index (χ1v) is 10.2. The van der Waals surface area contributed by atoms with E-state index in [4.69, 9.17) is 43.0 Å². The molecule has 0 spiro atoms. The summed E-state index contributed by atoms with van der Waals surface area (Å²) in [6.07, 6.45) is 4.44. The van der Waals surface area contributed by atoms with Gasteiger partial charge in [0.1, 0.15) is 0 Å². The van der Waals surface area contributed by atoms with Crippen LogP contribution >= 0.6 is 23.2 Å². The van der Waals surface area contributed by atoms with Gasteiger partial charge in [0.05, 0.1) is 10.0 Å². The number of carboxylic acids is 2. The van der Waals surface area contributed by atoms with Gasteiger partial charge in [0, 0.05) is 39.3 Å². The highest BCUT2D eigenvalue weighted by molar-refractivity contribution is 6.42. The molecule has 0 bridgehead atoms. The highest BCUT2D eigenvalue weighted by Gasteiger charge is 2.17. The Morgan fingerprint density at radius 2 is 1.47 bits per heavy atom. The second-order valence-electron chi connectivity index (χ2n) is 6.71. The molecule has 3 rings (SSSR count). The van der Waals surface area contributed by atoms with Gasteiger partial charge in [0.25, 0.3) is 0 Å². The van der Waals surface area contributed by atoms with Crippen LogP contribution in [0.2, 0.25) is 10.0 Å². The number of carbonyl (C=O) groups is 2. The van der Waals surface area contributed by atoms with Crippen LogP contribution in [0.1, 0.15) is 11.1 Å². The molecule has 2 aromatic rings. The minimum atomic E-state index is -1.82. The molecule has 1 aliphatic rings. The maximum absolute atomic E-state index is 9.10. The summed E-state index contributed by atoms with van der Waals surface area (Å²) >= 11 is 12.4. The zero-order valence-electron chi connectivity index (χ0n) is 16.4. The van der Waals surface area contributed by atoms with Crippen molar-refractivity contribution < 1.29 is 19.8 Å². The van der Waals surface area contributed by atoms with Gasteiger partial charge in [-0.3, -0.25) is 9.80 Å². The summed E-state index contributed by atoms with van der Waals surface area (Å²) in [6.45, 7) is 6.15. The largest absolute Gasteiger partial charge is 0.473 e. The lowest BCUT2D eigenvalue weighted by Crippen LogP contribution is -2.45. The van der Waals surface area contributed by atoms with Crippen LogP contribution in [0, 0.1) is 0 Å². The van der Waals surface area contributed by atoms with E-state index in [-0.39, 0.29) is 0 Å². The van der Waals surface area contributed by atoms with E-state index in [0.29, 0.717) is 10.0 Å². The van der Waals surface area contributed by atoms with Gasteiger partial charge in [-0.2, -0.15) is 0 Å². The van der Waals surface area contributed by atoms with Gasteiger partial charge in [-0.05, 0) is 17.2 Å². The number of benzene rings is 2. The average Bonchev–Trinajstić information content (AvgIpc) is 2.74. The maximum atomic E-state index is 9.10.